The SMILES string of the molecule is CN1Cc2cc(-c3ncncn3)ccc2C(c2cc3ccccc3o2)C1. The van der Waals surface area contributed by atoms with Gasteiger partial charge < -0.3 is 9.32 Å². The fourth-order valence-electron chi connectivity index (χ4n) is 3.79. The molecule has 0 N–H and O–H groups in total. The van der Waals surface area contributed by atoms with E-state index < -0.39 is 0 Å². The lowest BCUT2D eigenvalue weighted by molar-refractivity contribution is 0.282. The number of para-hydroxylation sites is 1. The molecule has 0 fully saturated rings. The summed E-state index contributed by atoms with van der Waals surface area (Å²) < 4.78 is 6.17. The molecular formula is C21H18N4O. The van der Waals surface area contributed by atoms with Gasteiger partial charge in [0, 0.05) is 24.0 Å². The molecule has 1 unspecified atom stereocenters. The van der Waals surface area contributed by atoms with E-state index in [9.17, 15) is 0 Å². The molecule has 128 valence electrons. The zero-order chi connectivity index (χ0) is 17.5. The highest BCUT2D eigenvalue weighted by molar-refractivity contribution is 5.78. The van der Waals surface area contributed by atoms with Crippen molar-refractivity contribution >= 4 is 11.0 Å². The first kappa shape index (κ1) is 15.2. The summed E-state index contributed by atoms with van der Waals surface area (Å²) in [5.41, 5.74) is 4.57. The smallest absolute Gasteiger partial charge is 0.162 e. The zero-order valence-electron chi connectivity index (χ0n) is 14.5. The maximum absolute atomic E-state index is 6.17. The molecule has 1 aliphatic heterocycles. The predicted molar refractivity (Wildman–Crippen MR) is 99.7 cm³/mol. The van der Waals surface area contributed by atoms with Crippen LogP contribution in [0.15, 0.2) is 65.6 Å². The Morgan fingerprint density at radius 2 is 1.88 bits per heavy atom. The van der Waals surface area contributed by atoms with Gasteiger partial charge in [0.2, 0.25) is 0 Å². The Kier molecular flexibility index (Phi) is 3.53. The molecule has 0 saturated heterocycles. The van der Waals surface area contributed by atoms with Crippen molar-refractivity contribution < 1.29 is 4.42 Å². The summed E-state index contributed by atoms with van der Waals surface area (Å²) in [6, 6.07) is 16.8. The maximum atomic E-state index is 6.17. The summed E-state index contributed by atoms with van der Waals surface area (Å²) in [5.74, 6) is 1.95. The second-order valence-electron chi connectivity index (χ2n) is 6.81. The summed E-state index contributed by atoms with van der Waals surface area (Å²) in [6.07, 6.45) is 3.07. The lowest BCUT2D eigenvalue weighted by atomic mass is 9.87. The van der Waals surface area contributed by atoms with E-state index in [1.54, 1.807) is 0 Å². The molecule has 2 aromatic carbocycles. The summed E-state index contributed by atoms with van der Waals surface area (Å²) in [4.78, 5) is 14.8. The van der Waals surface area contributed by atoms with Gasteiger partial charge in [0.25, 0.3) is 0 Å². The molecule has 26 heavy (non-hydrogen) atoms. The van der Waals surface area contributed by atoms with Gasteiger partial charge in [-0.2, -0.15) is 0 Å². The fraction of sp³-hybridized carbons (Fsp3) is 0.190. The third kappa shape index (κ3) is 2.57. The van der Waals surface area contributed by atoms with Crippen LogP contribution in [0.4, 0.5) is 0 Å². The van der Waals surface area contributed by atoms with Gasteiger partial charge in [0.05, 0.1) is 5.92 Å². The van der Waals surface area contributed by atoms with Gasteiger partial charge in [-0.25, -0.2) is 15.0 Å². The first-order chi connectivity index (χ1) is 12.8. The second-order valence-corrected chi connectivity index (χ2v) is 6.81. The number of aromatic nitrogens is 3. The third-order valence-corrected chi connectivity index (χ3v) is 4.99. The van der Waals surface area contributed by atoms with Gasteiger partial charge in [-0.05, 0) is 36.4 Å². The second kappa shape index (κ2) is 6.04. The van der Waals surface area contributed by atoms with Gasteiger partial charge in [-0.15, -0.1) is 0 Å². The highest BCUT2D eigenvalue weighted by Crippen LogP contribution is 2.37. The fourth-order valence-corrected chi connectivity index (χ4v) is 3.79. The lowest BCUT2D eigenvalue weighted by Crippen LogP contribution is -2.30. The van der Waals surface area contributed by atoms with E-state index in [0.29, 0.717) is 5.82 Å². The number of hydrogen-bond donors (Lipinski definition) is 0. The number of nitrogens with zero attached hydrogens (tertiary/aromatic N) is 4. The van der Waals surface area contributed by atoms with Crippen molar-refractivity contribution in [2.45, 2.75) is 12.5 Å². The van der Waals surface area contributed by atoms with Crippen molar-refractivity contribution in [2.75, 3.05) is 13.6 Å². The Bertz CT molecular complexity index is 1040. The molecule has 2 aromatic heterocycles. The lowest BCUT2D eigenvalue weighted by Gasteiger charge is -2.31. The van der Waals surface area contributed by atoms with E-state index >= 15 is 0 Å². The van der Waals surface area contributed by atoms with Crippen LogP contribution in [0.3, 0.4) is 0 Å². The molecule has 0 radical (unpaired) electrons. The molecule has 5 heteroatoms. The van der Waals surface area contributed by atoms with Crippen LogP contribution in [-0.2, 0) is 6.54 Å². The number of likely N-dealkylation sites (N-methyl/N-ethyl adjacent to an activating group) is 1. The van der Waals surface area contributed by atoms with Gasteiger partial charge >= 0.3 is 0 Å². The normalized spacial score (nSPS) is 17.3. The van der Waals surface area contributed by atoms with Crippen molar-refractivity contribution in [2.24, 2.45) is 0 Å². The van der Waals surface area contributed by atoms with Crippen LogP contribution in [-0.4, -0.2) is 33.4 Å². The molecule has 4 aromatic rings. The van der Waals surface area contributed by atoms with E-state index in [4.69, 9.17) is 4.42 Å². The number of furan rings is 1. The van der Waals surface area contributed by atoms with Crippen LogP contribution in [0.2, 0.25) is 0 Å². The monoisotopic (exact) mass is 342 g/mol. The molecule has 1 aliphatic rings. The minimum absolute atomic E-state index is 0.226. The van der Waals surface area contributed by atoms with Crippen molar-refractivity contribution in [3.8, 4) is 11.4 Å². The molecule has 1 atom stereocenters. The van der Waals surface area contributed by atoms with Crippen LogP contribution in [0.25, 0.3) is 22.4 Å². The Hall–Kier alpha value is -3.05. The molecule has 5 nitrogen and oxygen atoms in total. The number of fused-ring (bicyclic) bond motifs is 2. The molecule has 0 spiro atoms. The molecule has 5 rings (SSSR count). The van der Waals surface area contributed by atoms with E-state index in [1.807, 2.05) is 18.2 Å². The first-order valence-corrected chi connectivity index (χ1v) is 8.70. The zero-order valence-corrected chi connectivity index (χ0v) is 14.5. The number of rotatable bonds is 2. The van der Waals surface area contributed by atoms with Crippen molar-refractivity contribution in [1.82, 2.24) is 19.9 Å². The Balaban J connectivity index is 1.59. The van der Waals surface area contributed by atoms with Gasteiger partial charge in [-0.3, -0.25) is 0 Å². The van der Waals surface area contributed by atoms with Gasteiger partial charge in [-0.1, -0.05) is 30.3 Å². The number of hydrogen-bond acceptors (Lipinski definition) is 5. The summed E-state index contributed by atoms with van der Waals surface area (Å²) in [5, 5.41) is 1.15. The minimum atomic E-state index is 0.226. The molecule has 0 saturated carbocycles. The maximum Gasteiger partial charge on any atom is 0.162 e. The summed E-state index contributed by atoms with van der Waals surface area (Å²) in [6.45, 7) is 1.85. The largest absolute Gasteiger partial charge is 0.460 e. The Morgan fingerprint density at radius 1 is 1.04 bits per heavy atom. The standard InChI is InChI=1S/C21H18N4O/c1-25-10-16-8-15(21-23-12-22-13-24-21)6-7-17(16)18(11-25)20-9-14-4-2-3-5-19(14)26-20/h2-9,12-13,18H,10-11H2,1H3. The topological polar surface area (TPSA) is 55.1 Å². The van der Waals surface area contributed by atoms with E-state index in [0.717, 1.165) is 35.4 Å². The molecular weight excluding hydrogens is 324 g/mol. The highest BCUT2D eigenvalue weighted by atomic mass is 16.3. The Morgan fingerprint density at radius 3 is 2.73 bits per heavy atom. The van der Waals surface area contributed by atoms with E-state index in [1.165, 1.54) is 23.8 Å². The van der Waals surface area contributed by atoms with Gasteiger partial charge in [0.15, 0.2) is 5.82 Å². The molecule has 0 aliphatic carbocycles. The van der Waals surface area contributed by atoms with Crippen LogP contribution in [0, 0.1) is 0 Å². The van der Waals surface area contributed by atoms with E-state index in [2.05, 4.69) is 57.2 Å². The van der Waals surface area contributed by atoms with Crippen molar-refractivity contribution in [3.05, 3.63) is 78.1 Å². The molecule has 0 bridgehead atoms. The summed E-state index contributed by atoms with van der Waals surface area (Å²) >= 11 is 0. The predicted octanol–water partition coefficient (Wildman–Crippen LogP) is 3.86. The van der Waals surface area contributed by atoms with E-state index in [-0.39, 0.29) is 5.92 Å². The number of benzene rings is 2. The average molecular weight is 342 g/mol. The quantitative estimate of drug-likeness (QED) is 0.554. The third-order valence-electron chi connectivity index (χ3n) is 4.99. The van der Waals surface area contributed by atoms with Gasteiger partial charge in [0.1, 0.15) is 24.0 Å². The van der Waals surface area contributed by atoms with Crippen molar-refractivity contribution in [1.29, 1.82) is 0 Å². The Labute approximate surface area is 151 Å². The van der Waals surface area contributed by atoms with Crippen LogP contribution in [0.5, 0.6) is 0 Å². The average Bonchev–Trinajstić information content (AvgIpc) is 3.11. The van der Waals surface area contributed by atoms with Crippen LogP contribution >= 0.6 is 0 Å². The van der Waals surface area contributed by atoms with Crippen LogP contribution < -0.4 is 0 Å². The highest BCUT2D eigenvalue weighted by Gasteiger charge is 2.27. The molecule has 3 heterocycles. The summed E-state index contributed by atoms with van der Waals surface area (Å²) in [7, 11) is 2.15. The van der Waals surface area contributed by atoms with Crippen molar-refractivity contribution in [3.63, 3.8) is 0 Å². The van der Waals surface area contributed by atoms with Crippen LogP contribution in [0.1, 0.15) is 22.8 Å². The molecule has 0 amide bonds. The minimum Gasteiger partial charge on any atom is -0.460 e. The first-order valence-electron chi connectivity index (χ1n) is 8.70.